The molecular weight excluding hydrogens is 424 g/mol. The first-order chi connectivity index (χ1) is 16.7. The zero-order chi connectivity index (χ0) is 23.3. The van der Waals surface area contributed by atoms with Crippen LogP contribution < -0.4 is 5.32 Å². The molecule has 1 aliphatic heterocycles. The van der Waals surface area contributed by atoms with Crippen LogP contribution in [0.4, 0.5) is 0 Å². The number of carbonyl (C=O) groups excluding carboxylic acids is 2. The van der Waals surface area contributed by atoms with Gasteiger partial charge in [0, 0.05) is 25.8 Å². The number of imidazole rings is 1. The van der Waals surface area contributed by atoms with E-state index in [0.29, 0.717) is 37.6 Å². The summed E-state index contributed by atoms with van der Waals surface area (Å²) in [5.41, 5.74) is 3.35. The standard InChI is InChI=1S/C28H26N4O2/c33-25(18-21-10-4-1-5-11-21)32-17-16-31-20-24(28(34)29-19-22-12-6-2-7-13-22)30-27(31)26(32)23-14-8-3-9-15-23/h1-15,20,26H,16-19H2,(H,29,34). The largest absolute Gasteiger partial charge is 0.347 e. The Kier molecular flexibility index (Phi) is 6.21. The lowest BCUT2D eigenvalue weighted by Gasteiger charge is -2.36. The van der Waals surface area contributed by atoms with Crippen LogP contribution in [-0.4, -0.2) is 32.8 Å². The molecule has 4 aromatic rings. The molecule has 0 saturated heterocycles. The van der Waals surface area contributed by atoms with Crippen molar-refractivity contribution in [3.8, 4) is 0 Å². The normalized spacial score (nSPS) is 14.9. The first kappa shape index (κ1) is 21.6. The quantitative estimate of drug-likeness (QED) is 0.483. The van der Waals surface area contributed by atoms with Crippen molar-refractivity contribution in [3.63, 3.8) is 0 Å². The number of hydrogen-bond donors (Lipinski definition) is 1. The summed E-state index contributed by atoms with van der Waals surface area (Å²) in [5.74, 6) is 0.535. The van der Waals surface area contributed by atoms with E-state index in [1.54, 1.807) is 6.20 Å². The number of benzene rings is 3. The molecule has 1 aliphatic rings. The highest BCUT2D eigenvalue weighted by atomic mass is 16.2. The van der Waals surface area contributed by atoms with E-state index < -0.39 is 0 Å². The first-order valence-electron chi connectivity index (χ1n) is 11.5. The van der Waals surface area contributed by atoms with Crippen LogP contribution in [0.1, 0.15) is 39.0 Å². The fourth-order valence-corrected chi connectivity index (χ4v) is 4.39. The number of nitrogens with zero attached hydrogens (tertiary/aromatic N) is 3. The molecule has 2 heterocycles. The zero-order valence-electron chi connectivity index (χ0n) is 18.8. The highest BCUT2D eigenvalue weighted by Crippen LogP contribution is 2.32. The number of hydrogen-bond acceptors (Lipinski definition) is 3. The van der Waals surface area contributed by atoms with Gasteiger partial charge in [-0.15, -0.1) is 0 Å². The van der Waals surface area contributed by atoms with Crippen molar-refractivity contribution in [1.29, 1.82) is 0 Å². The number of rotatable bonds is 6. The maximum atomic E-state index is 13.4. The lowest BCUT2D eigenvalue weighted by atomic mass is 10.0. The van der Waals surface area contributed by atoms with E-state index in [9.17, 15) is 9.59 Å². The molecule has 1 unspecified atom stereocenters. The Labute approximate surface area is 198 Å². The van der Waals surface area contributed by atoms with E-state index in [2.05, 4.69) is 5.32 Å². The second-order valence-electron chi connectivity index (χ2n) is 8.41. The highest BCUT2D eigenvalue weighted by molar-refractivity contribution is 5.92. The minimum absolute atomic E-state index is 0.0457. The summed E-state index contributed by atoms with van der Waals surface area (Å²) >= 11 is 0. The second-order valence-corrected chi connectivity index (χ2v) is 8.41. The topological polar surface area (TPSA) is 67.2 Å². The molecule has 0 bridgehead atoms. The smallest absolute Gasteiger partial charge is 0.271 e. The fraction of sp³-hybridized carbons (Fsp3) is 0.179. The van der Waals surface area contributed by atoms with Gasteiger partial charge in [0.1, 0.15) is 17.6 Å². The molecule has 0 radical (unpaired) electrons. The van der Waals surface area contributed by atoms with Gasteiger partial charge < -0.3 is 14.8 Å². The van der Waals surface area contributed by atoms with E-state index >= 15 is 0 Å². The minimum atomic E-state index is -0.346. The Balaban J connectivity index is 1.41. The predicted octanol–water partition coefficient (Wildman–Crippen LogP) is 3.99. The molecule has 0 fully saturated rings. The van der Waals surface area contributed by atoms with Gasteiger partial charge >= 0.3 is 0 Å². The molecule has 0 saturated carbocycles. The Morgan fingerprint density at radius 2 is 1.44 bits per heavy atom. The molecule has 1 atom stereocenters. The summed E-state index contributed by atoms with van der Waals surface area (Å²) < 4.78 is 2.00. The third kappa shape index (κ3) is 4.62. The third-order valence-corrected chi connectivity index (χ3v) is 6.11. The number of aromatic nitrogens is 2. The van der Waals surface area contributed by atoms with Crippen LogP contribution in [0.15, 0.2) is 97.2 Å². The van der Waals surface area contributed by atoms with Crippen molar-refractivity contribution in [2.75, 3.05) is 6.54 Å². The van der Waals surface area contributed by atoms with Crippen molar-refractivity contribution in [3.05, 3.63) is 125 Å². The summed E-state index contributed by atoms with van der Waals surface area (Å²) in [6.45, 7) is 1.59. The Bertz CT molecular complexity index is 1270. The molecule has 5 rings (SSSR count). The van der Waals surface area contributed by atoms with Crippen LogP contribution in [-0.2, 0) is 24.3 Å². The molecular formula is C28H26N4O2. The molecule has 2 amide bonds. The van der Waals surface area contributed by atoms with Gasteiger partial charge in [0.2, 0.25) is 5.91 Å². The highest BCUT2D eigenvalue weighted by Gasteiger charge is 2.34. The van der Waals surface area contributed by atoms with Crippen LogP contribution >= 0.6 is 0 Å². The zero-order valence-corrected chi connectivity index (χ0v) is 18.8. The molecule has 3 aromatic carbocycles. The van der Waals surface area contributed by atoms with Gasteiger partial charge in [-0.05, 0) is 16.7 Å². The molecule has 6 heteroatoms. The Morgan fingerprint density at radius 3 is 2.12 bits per heavy atom. The summed E-state index contributed by atoms with van der Waals surface area (Å²) in [7, 11) is 0. The van der Waals surface area contributed by atoms with Gasteiger partial charge in [-0.2, -0.15) is 0 Å². The van der Waals surface area contributed by atoms with Gasteiger partial charge in [0.25, 0.3) is 5.91 Å². The number of fused-ring (bicyclic) bond motifs is 1. The number of amides is 2. The van der Waals surface area contributed by atoms with E-state index in [-0.39, 0.29) is 17.9 Å². The van der Waals surface area contributed by atoms with Gasteiger partial charge in [-0.1, -0.05) is 91.0 Å². The molecule has 0 spiro atoms. The van der Waals surface area contributed by atoms with Crippen LogP contribution in [0.3, 0.4) is 0 Å². The predicted molar refractivity (Wildman–Crippen MR) is 130 cm³/mol. The van der Waals surface area contributed by atoms with Crippen LogP contribution in [0.5, 0.6) is 0 Å². The van der Waals surface area contributed by atoms with Gasteiger partial charge in [0.05, 0.1) is 6.42 Å². The summed E-state index contributed by atoms with van der Waals surface area (Å²) in [4.78, 5) is 32.8. The van der Waals surface area contributed by atoms with E-state index in [0.717, 1.165) is 16.7 Å². The molecule has 170 valence electrons. The summed E-state index contributed by atoms with van der Waals surface area (Å²) in [5, 5.41) is 2.95. The Morgan fingerprint density at radius 1 is 0.824 bits per heavy atom. The molecule has 34 heavy (non-hydrogen) atoms. The number of carbonyl (C=O) groups is 2. The second kappa shape index (κ2) is 9.75. The van der Waals surface area contributed by atoms with Crippen molar-refractivity contribution >= 4 is 11.8 Å². The van der Waals surface area contributed by atoms with Crippen LogP contribution in [0.25, 0.3) is 0 Å². The monoisotopic (exact) mass is 450 g/mol. The van der Waals surface area contributed by atoms with Gasteiger partial charge in [0.15, 0.2) is 0 Å². The maximum Gasteiger partial charge on any atom is 0.271 e. The lowest BCUT2D eigenvalue weighted by Crippen LogP contribution is -2.43. The minimum Gasteiger partial charge on any atom is -0.347 e. The average Bonchev–Trinajstić information content (AvgIpc) is 3.33. The molecule has 1 aromatic heterocycles. The van der Waals surface area contributed by atoms with Gasteiger partial charge in [-0.3, -0.25) is 9.59 Å². The molecule has 0 aliphatic carbocycles. The number of nitrogens with one attached hydrogen (secondary N) is 1. The van der Waals surface area contributed by atoms with Crippen molar-refractivity contribution in [2.24, 2.45) is 0 Å². The SMILES string of the molecule is O=C(NCc1ccccc1)c1cn2c(n1)C(c1ccccc1)N(C(=O)Cc1ccccc1)CC2. The fourth-order valence-electron chi connectivity index (χ4n) is 4.39. The van der Waals surface area contributed by atoms with Crippen molar-refractivity contribution in [1.82, 2.24) is 19.8 Å². The van der Waals surface area contributed by atoms with Crippen molar-refractivity contribution < 1.29 is 9.59 Å². The van der Waals surface area contributed by atoms with E-state index in [1.165, 1.54) is 0 Å². The molecule has 6 nitrogen and oxygen atoms in total. The van der Waals surface area contributed by atoms with Crippen LogP contribution in [0.2, 0.25) is 0 Å². The van der Waals surface area contributed by atoms with Crippen LogP contribution in [0, 0.1) is 0 Å². The maximum absolute atomic E-state index is 13.4. The summed E-state index contributed by atoms with van der Waals surface area (Å²) in [6, 6.07) is 29.1. The first-order valence-corrected chi connectivity index (χ1v) is 11.5. The average molecular weight is 451 g/mol. The van der Waals surface area contributed by atoms with E-state index in [1.807, 2.05) is 100 Å². The van der Waals surface area contributed by atoms with E-state index in [4.69, 9.17) is 4.98 Å². The lowest BCUT2D eigenvalue weighted by molar-refractivity contribution is -0.133. The molecule has 1 N–H and O–H groups in total. The Hall–Kier alpha value is -4.19. The summed E-state index contributed by atoms with van der Waals surface area (Å²) in [6.07, 6.45) is 2.12. The van der Waals surface area contributed by atoms with Crippen molar-refractivity contribution in [2.45, 2.75) is 25.6 Å². The van der Waals surface area contributed by atoms with Gasteiger partial charge in [-0.25, -0.2) is 4.98 Å². The third-order valence-electron chi connectivity index (χ3n) is 6.11.